The molecule has 3 rings (SSSR count). The molecule has 9 heteroatoms. The number of carbonyl (C=O) groups is 2. The highest BCUT2D eigenvalue weighted by Gasteiger charge is 2.06. The van der Waals surface area contributed by atoms with E-state index in [2.05, 4.69) is 15.8 Å². The number of rotatable bonds is 10. The molecule has 3 aromatic rings. The van der Waals surface area contributed by atoms with E-state index in [1.165, 1.54) is 18.0 Å². The Morgan fingerprint density at radius 2 is 1.67 bits per heavy atom. The Labute approximate surface area is 206 Å². The molecule has 0 spiro atoms. The van der Waals surface area contributed by atoms with Gasteiger partial charge in [0.1, 0.15) is 5.75 Å². The van der Waals surface area contributed by atoms with Gasteiger partial charge >= 0.3 is 0 Å². The first-order chi connectivity index (χ1) is 16.0. The third-order valence-electron chi connectivity index (χ3n) is 4.22. The van der Waals surface area contributed by atoms with Gasteiger partial charge in [0, 0.05) is 10.8 Å². The predicted octanol–water partition coefficient (Wildman–Crippen LogP) is 5.39. The average Bonchev–Trinajstić information content (AvgIpc) is 2.81. The predicted molar refractivity (Wildman–Crippen MR) is 135 cm³/mol. The third-order valence-corrected chi connectivity index (χ3v) is 5.80. The second kappa shape index (κ2) is 12.9. The van der Waals surface area contributed by atoms with Crippen molar-refractivity contribution in [3.63, 3.8) is 0 Å². The Kier molecular flexibility index (Phi) is 9.62. The smallest absolute Gasteiger partial charge is 0.262 e. The highest BCUT2D eigenvalue weighted by atomic mass is 35.5. The number of ether oxygens (including phenoxy) is 1. The molecule has 0 unspecified atom stereocenters. The first kappa shape index (κ1) is 24.6. The van der Waals surface area contributed by atoms with E-state index in [9.17, 15) is 9.59 Å². The molecule has 0 fully saturated rings. The number of nitrogens with one attached hydrogen (secondary N) is 2. The van der Waals surface area contributed by atoms with Gasteiger partial charge in [-0.3, -0.25) is 9.59 Å². The summed E-state index contributed by atoms with van der Waals surface area (Å²) in [5.74, 6) is 1.04. The molecular formula is C24H21Cl2N3O3S. The number of anilines is 1. The second-order valence-electron chi connectivity index (χ2n) is 6.80. The molecule has 0 heterocycles. The van der Waals surface area contributed by atoms with Crippen LogP contribution in [-0.2, 0) is 15.3 Å². The molecule has 0 aliphatic rings. The molecule has 33 heavy (non-hydrogen) atoms. The summed E-state index contributed by atoms with van der Waals surface area (Å²) in [6.45, 7) is -0.150. The van der Waals surface area contributed by atoms with Crippen molar-refractivity contribution in [2.24, 2.45) is 5.10 Å². The quantitative estimate of drug-likeness (QED) is 0.288. The van der Waals surface area contributed by atoms with Gasteiger partial charge in [-0.1, -0.05) is 47.5 Å². The molecule has 0 aliphatic carbocycles. The summed E-state index contributed by atoms with van der Waals surface area (Å²) in [4.78, 5) is 23.9. The van der Waals surface area contributed by atoms with Gasteiger partial charge in [-0.2, -0.15) is 5.10 Å². The Morgan fingerprint density at radius 1 is 0.939 bits per heavy atom. The zero-order valence-electron chi connectivity index (χ0n) is 17.5. The second-order valence-corrected chi connectivity index (χ2v) is 8.63. The van der Waals surface area contributed by atoms with Crippen molar-refractivity contribution < 1.29 is 14.3 Å². The molecule has 0 atom stereocenters. The number of thioether (sulfide) groups is 1. The number of halogens is 2. The standard InChI is InChI=1S/C24H21Cl2N3O3S/c25-19-9-5-18(6-10-19)15-33-16-24(31)29-27-13-17-7-11-20(12-8-17)32-14-23(30)28-22-4-2-1-3-21(22)26/h1-13H,14-16H2,(H,28,30)(H,29,31)/b27-13-. The normalized spacial score (nSPS) is 10.7. The molecule has 0 bridgehead atoms. The first-order valence-electron chi connectivity index (χ1n) is 9.91. The lowest BCUT2D eigenvalue weighted by Gasteiger charge is -2.08. The summed E-state index contributed by atoms with van der Waals surface area (Å²) in [6.07, 6.45) is 1.54. The van der Waals surface area contributed by atoms with Gasteiger partial charge in [-0.15, -0.1) is 11.8 Å². The Hall–Kier alpha value is -3.00. The number of benzene rings is 3. The number of carbonyl (C=O) groups excluding carboxylic acids is 2. The van der Waals surface area contributed by atoms with Gasteiger partial charge < -0.3 is 10.1 Å². The lowest BCUT2D eigenvalue weighted by atomic mass is 10.2. The molecule has 0 aliphatic heterocycles. The van der Waals surface area contributed by atoms with Crippen molar-refractivity contribution in [1.29, 1.82) is 0 Å². The summed E-state index contributed by atoms with van der Waals surface area (Å²) < 4.78 is 5.49. The fourth-order valence-electron chi connectivity index (χ4n) is 2.60. The number of hydrazone groups is 1. The highest BCUT2D eigenvalue weighted by molar-refractivity contribution is 7.99. The van der Waals surface area contributed by atoms with E-state index in [0.29, 0.717) is 33.0 Å². The summed E-state index contributed by atoms with van der Waals surface area (Å²) in [7, 11) is 0. The van der Waals surface area contributed by atoms with E-state index in [4.69, 9.17) is 27.9 Å². The SMILES string of the molecule is O=C(CSCc1ccc(Cl)cc1)N/N=C\c1ccc(OCC(=O)Nc2ccccc2Cl)cc1. The van der Waals surface area contributed by atoms with Gasteiger partial charge in [0.05, 0.1) is 22.7 Å². The van der Waals surface area contributed by atoms with Crippen molar-refractivity contribution in [3.05, 3.63) is 94.0 Å². The van der Waals surface area contributed by atoms with Crippen LogP contribution >= 0.6 is 35.0 Å². The molecule has 0 saturated carbocycles. The Balaban J connectivity index is 1.36. The fraction of sp³-hybridized carbons (Fsp3) is 0.125. The fourth-order valence-corrected chi connectivity index (χ4v) is 3.69. The van der Waals surface area contributed by atoms with Crippen LogP contribution < -0.4 is 15.5 Å². The molecule has 0 saturated heterocycles. The van der Waals surface area contributed by atoms with E-state index >= 15 is 0 Å². The molecule has 170 valence electrons. The monoisotopic (exact) mass is 501 g/mol. The van der Waals surface area contributed by atoms with Crippen LogP contribution in [0.3, 0.4) is 0 Å². The van der Waals surface area contributed by atoms with Gasteiger partial charge in [0.15, 0.2) is 6.61 Å². The molecule has 0 aromatic heterocycles. The largest absolute Gasteiger partial charge is 0.484 e. The van der Waals surface area contributed by atoms with Crippen molar-refractivity contribution in [2.45, 2.75) is 5.75 Å². The first-order valence-corrected chi connectivity index (χ1v) is 11.8. The summed E-state index contributed by atoms with van der Waals surface area (Å²) in [5.41, 5.74) is 4.91. The zero-order valence-corrected chi connectivity index (χ0v) is 19.8. The van der Waals surface area contributed by atoms with Gasteiger partial charge in [0.25, 0.3) is 5.91 Å². The van der Waals surface area contributed by atoms with Crippen molar-refractivity contribution in [1.82, 2.24) is 5.43 Å². The topological polar surface area (TPSA) is 79.8 Å². The van der Waals surface area contributed by atoms with Crippen LogP contribution in [0.5, 0.6) is 5.75 Å². The van der Waals surface area contributed by atoms with Crippen LogP contribution in [-0.4, -0.2) is 30.4 Å². The lowest BCUT2D eigenvalue weighted by molar-refractivity contribution is -0.119. The Morgan fingerprint density at radius 3 is 2.39 bits per heavy atom. The number of nitrogens with zero attached hydrogens (tertiary/aromatic N) is 1. The van der Waals surface area contributed by atoms with Crippen LogP contribution in [0.15, 0.2) is 77.9 Å². The van der Waals surface area contributed by atoms with Crippen LogP contribution in [0.2, 0.25) is 10.0 Å². The molecule has 2 N–H and O–H groups in total. The van der Waals surface area contributed by atoms with Crippen molar-refractivity contribution in [2.75, 3.05) is 17.7 Å². The lowest BCUT2D eigenvalue weighted by Crippen LogP contribution is -2.20. The molecule has 6 nitrogen and oxygen atoms in total. The minimum absolute atomic E-state index is 0.150. The van der Waals surface area contributed by atoms with E-state index in [0.717, 1.165) is 11.1 Å². The van der Waals surface area contributed by atoms with Crippen LogP contribution in [0.4, 0.5) is 5.69 Å². The highest BCUT2D eigenvalue weighted by Crippen LogP contribution is 2.20. The number of amides is 2. The maximum atomic E-state index is 12.0. The summed E-state index contributed by atoms with van der Waals surface area (Å²) >= 11 is 13.4. The van der Waals surface area contributed by atoms with Crippen molar-refractivity contribution in [3.8, 4) is 5.75 Å². The molecule has 0 radical (unpaired) electrons. The zero-order chi connectivity index (χ0) is 23.5. The molecule has 2 amide bonds. The van der Waals surface area contributed by atoms with Crippen LogP contribution in [0, 0.1) is 0 Å². The maximum absolute atomic E-state index is 12.0. The van der Waals surface area contributed by atoms with Gasteiger partial charge in [-0.25, -0.2) is 5.43 Å². The van der Waals surface area contributed by atoms with Crippen LogP contribution in [0.1, 0.15) is 11.1 Å². The summed E-state index contributed by atoms with van der Waals surface area (Å²) in [6, 6.07) is 21.5. The summed E-state index contributed by atoms with van der Waals surface area (Å²) in [5, 5.41) is 7.81. The number of para-hydroxylation sites is 1. The number of hydrogen-bond donors (Lipinski definition) is 2. The molecular weight excluding hydrogens is 481 g/mol. The van der Waals surface area contributed by atoms with E-state index in [1.807, 2.05) is 24.3 Å². The Bertz CT molecular complexity index is 1110. The van der Waals surface area contributed by atoms with E-state index in [1.54, 1.807) is 48.5 Å². The number of hydrogen-bond acceptors (Lipinski definition) is 5. The van der Waals surface area contributed by atoms with Gasteiger partial charge in [0.2, 0.25) is 5.91 Å². The minimum Gasteiger partial charge on any atom is -0.484 e. The third kappa shape index (κ3) is 8.81. The van der Waals surface area contributed by atoms with E-state index < -0.39 is 0 Å². The minimum atomic E-state index is -0.314. The average molecular weight is 502 g/mol. The maximum Gasteiger partial charge on any atom is 0.262 e. The molecule has 3 aromatic carbocycles. The van der Waals surface area contributed by atoms with Crippen LogP contribution in [0.25, 0.3) is 0 Å². The van der Waals surface area contributed by atoms with Gasteiger partial charge in [-0.05, 0) is 59.7 Å². The van der Waals surface area contributed by atoms with Crippen molar-refractivity contribution >= 4 is 58.7 Å². The van der Waals surface area contributed by atoms with E-state index in [-0.39, 0.29) is 18.4 Å².